The summed E-state index contributed by atoms with van der Waals surface area (Å²) in [4.78, 5) is 38.3. The number of amides is 1. The number of fused-ring (bicyclic) bond motifs is 1. The molecule has 118 valence electrons. The highest BCUT2D eigenvalue weighted by atomic mass is 79.9. The van der Waals surface area contributed by atoms with Crippen molar-refractivity contribution in [3.63, 3.8) is 0 Å². The number of rotatable bonds is 5. The standard InChI is InChI=1S/C14H17BrN4O3/c1-17(2)6-7-18-13(21)12-9(15)4-3-5-10(12)19(14(18)22)8-11(16)20/h3-5H,6-8H2,1-2H3,(H2,16,20). The molecule has 0 unspecified atom stereocenters. The Balaban J connectivity index is 2.80. The fourth-order valence-electron chi connectivity index (χ4n) is 2.23. The average Bonchev–Trinajstić information content (AvgIpc) is 2.42. The molecule has 0 saturated heterocycles. The summed E-state index contributed by atoms with van der Waals surface area (Å²) in [7, 11) is 3.70. The number of benzene rings is 1. The maximum atomic E-state index is 12.6. The summed E-state index contributed by atoms with van der Waals surface area (Å²) in [5.41, 5.74) is 4.71. The van der Waals surface area contributed by atoms with E-state index in [1.54, 1.807) is 18.2 Å². The molecule has 1 amide bonds. The predicted molar refractivity (Wildman–Crippen MR) is 87.9 cm³/mol. The van der Waals surface area contributed by atoms with Crippen LogP contribution in [-0.4, -0.2) is 40.6 Å². The molecule has 2 aromatic rings. The first-order chi connectivity index (χ1) is 10.3. The lowest BCUT2D eigenvalue weighted by molar-refractivity contribution is -0.118. The Morgan fingerprint density at radius 1 is 1.27 bits per heavy atom. The van der Waals surface area contributed by atoms with Gasteiger partial charge in [-0.2, -0.15) is 0 Å². The van der Waals surface area contributed by atoms with Crippen molar-refractivity contribution in [2.24, 2.45) is 5.73 Å². The Hall–Kier alpha value is -1.93. The predicted octanol–water partition coefficient (Wildman–Crippen LogP) is -0.0274. The maximum absolute atomic E-state index is 12.6. The first-order valence-electron chi connectivity index (χ1n) is 6.68. The van der Waals surface area contributed by atoms with Crippen LogP contribution in [0.3, 0.4) is 0 Å². The van der Waals surface area contributed by atoms with E-state index in [9.17, 15) is 14.4 Å². The van der Waals surface area contributed by atoms with E-state index in [2.05, 4.69) is 15.9 Å². The van der Waals surface area contributed by atoms with Crippen molar-refractivity contribution in [3.8, 4) is 0 Å². The maximum Gasteiger partial charge on any atom is 0.332 e. The first-order valence-corrected chi connectivity index (χ1v) is 7.47. The van der Waals surface area contributed by atoms with E-state index < -0.39 is 11.6 Å². The molecular weight excluding hydrogens is 352 g/mol. The second kappa shape index (κ2) is 6.45. The second-order valence-corrected chi connectivity index (χ2v) is 6.08. The van der Waals surface area contributed by atoms with Crippen LogP contribution in [0.4, 0.5) is 0 Å². The zero-order valence-corrected chi connectivity index (χ0v) is 14.0. The van der Waals surface area contributed by atoms with E-state index in [1.165, 1.54) is 4.57 Å². The fraction of sp³-hybridized carbons (Fsp3) is 0.357. The van der Waals surface area contributed by atoms with Gasteiger partial charge in [0.25, 0.3) is 5.56 Å². The van der Waals surface area contributed by atoms with Gasteiger partial charge in [0.2, 0.25) is 5.91 Å². The number of halogens is 1. The number of primary amides is 1. The molecule has 0 fully saturated rings. The Bertz CT molecular complexity index is 838. The molecule has 2 rings (SSSR count). The van der Waals surface area contributed by atoms with Crippen molar-refractivity contribution >= 4 is 32.7 Å². The number of nitrogens with zero attached hydrogens (tertiary/aromatic N) is 3. The van der Waals surface area contributed by atoms with Gasteiger partial charge in [0.05, 0.1) is 10.9 Å². The number of nitrogens with two attached hydrogens (primary N) is 1. The molecule has 8 heteroatoms. The largest absolute Gasteiger partial charge is 0.368 e. The number of hydrogen-bond donors (Lipinski definition) is 1. The number of carbonyl (C=O) groups excluding carboxylic acids is 1. The molecule has 22 heavy (non-hydrogen) atoms. The minimum atomic E-state index is -0.638. The first kappa shape index (κ1) is 16.4. The van der Waals surface area contributed by atoms with Gasteiger partial charge in [-0.3, -0.25) is 18.7 Å². The van der Waals surface area contributed by atoms with Gasteiger partial charge in [-0.1, -0.05) is 6.07 Å². The smallest absolute Gasteiger partial charge is 0.332 e. The molecule has 0 saturated carbocycles. The summed E-state index contributed by atoms with van der Waals surface area (Å²) in [6.45, 7) is 0.496. The van der Waals surface area contributed by atoms with Gasteiger partial charge in [-0.25, -0.2) is 4.79 Å². The SMILES string of the molecule is CN(C)CCn1c(=O)c2c(Br)cccc2n(CC(N)=O)c1=O. The van der Waals surface area contributed by atoms with Gasteiger partial charge in [0.15, 0.2) is 0 Å². The summed E-state index contributed by atoms with van der Waals surface area (Å²) < 4.78 is 2.95. The van der Waals surface area contributed by atoms with Crippen LogP contribution in [0.2, 0.25) is 0 Å². The molecule has 0 radical (unpaired) electrons. The molecule has 1 aromatic carbocycles. The van der Waals surface area contributed by atoms with Crippen LogP contribution < -0.4 is 17.0 Å². The van der Waals surface area contributed by atoms with Crippen molar-refractivity contribution in [2.45, 2.75) is 13.1 Å². The molecule has 1 aromatic heterocycles. The van der Waals surface area contributed by atoms with Crippen LogP contribution >= 0.6 is 15.9 Å². The molecule has 7 nitrogen and oxygen atoms in total. The third-order valence-electron chi connectivity index (χ3n) is 3.29. The molecule has 2 N–H and O–H groups in total. The summed E-state index contributed by atoms with van der Waals surface area (Å²) in [5, 5.41) is 0.363. The lowest BCUT2D eigenvalue weighted by atomic mass is 10.2. The number of hydrogen-bond acceptors (Lipinski definition) is 4. The van der Waals surface area contributed by atoms with Crippen molar-refractivity contribution in [1.82, 2.24) is 14.0 Å². The Labute approximate surface area is 135 Å². The number of carbonyl (C=O) groups is 1. The molecule has 0 bridgehead atoms. The fourth-order valence-corrected chi connectivity index (χ4v) is 2.75. The highest BCUT2D eigenvalue weighted by Gasteiger charge is 2.16. The zero-order valence-electron chi connectivity index (χ0n) is 12.4. The van der Waals surface area contributed by atoms with E-state index in [4.69, 9.17) is 5.73 Å². The molecule has 0 aliphatic heterocycles. The van der Waals surface area contributed by atoms with Gasteiger partial charge >= 0.3 is 5.69 Å². The lowest BCUT2D eigenvalue weighted by Crippen LogP contribution is -2.43. The van der Waals surface area contributed by atoms with E-state index in [-0.39, 0.29) is 18.6 Å². The molecular formula is C14H17BrN4O3. The highest BCUT2D eigenvalue weighted by Crippen LogP contribution is 2.19. The topological polar surface area (TPSA) is 90.3 Å². The number of likely N-dealkylation sites (N-methyl/N-ethyl adjacent to an activating group) is 1. The molecule has 0 atom stereocenters. The Morgan fingerprint density at radius 3 is 2.55 bits per heavy atom. The van der Waals surface area contributed by atoms with Gasteiger partial charge in [0.1, 0.15) is 6.54 Å². The van der Waals surface area contributed by atoms with Crippen LogP contribution in [0.5, 0.6) is 0 Å². The minimum Gasteiger partial charge on any atom is -0.368 e. The summed E-state index contributed by atoms with van der Waals surface area (Å²) >= 11 is 3.33. The zero-order chi connectivity index (χ0) is 16.4. The Morgan fingerprint density at radius 2 is 1.95 bits per heavy atom. The van der Waals surface area contributed by atoms with E-state index in [1.807, 2.05) is 19.0 Å². The minimum absolute atomic E-state index is 0.237. The second-order valence-electron chi connectivity index (χ2n) is 5.23. The van der Waals surface area contributed by atoms with Crippen LogP contribution in [0, 0.1) is 0 Å². The third kappa shape index (κ3) is 3.12. The summed E-state index contributed by atoms with van der Waals surface area (Å²) in [6, 6.07) is 5.05. The van der Waals surface area contributed by atoms with Crippen molar-refractivity contribution in [3.05, 3.63) is 43.5 Å². The monoisotopic (exact) mass is 368 g/mol. The Kier molecular flexibility index (Phi) is 4.82. The van der Waals surface area contributed by atoms with Crippen LogP contribution in [0.15, 0.2) is 32.3 Å². The van der Waals surface area contributed by atoms with Gasteiger partial charge in [0, 0.05) is 17.6 Å². The summed E-state index contributed by atoms with van der Waals surface area (Å²) in [6.07, 6.45) is 0. The van der Waals surface area contributed by atoms with Gasteiger partial charge in [-0.15, -0.1) is 0 Å². The van der Waals surface area contributed by atoms with Crippen LogP contribution in [0.1, 0.15) is 0 Å². The van der Waals surface area contributed by atoms with Gasteiger partial charge in [-0.05, 0) is 42.2 Å². The van der Waals surface area contributed by atoms with Crippen LogP contribution in [-0.2, 0) is 17.9 Å². The van der Waals surface area contributed by atoms with Crippen molar-refractivity contribution < 1.29 is 4.79 Å². The molecule has 1 heterocycles. The lowest BCUT2D eigenvalue weighted by Gasteiger charge is -2.15. The average molecular weight is 369 g/mol. The van der Waals surface area contributed by atoms with Gasteiger partial charge < -0.3 is 10.6 Å². The quantitative estimate of drug-likeness (QED) is 0.802. The van der Waals surface area contributed by atoms with Crippen molar-refractivity contribution in [2.75, 3.05) is 20.6 Å². The van der Waals surface area contributed by atoms with E-state index in [0.717, 1.165) is 4.57 Å². The highest BCUT2D eigenvalue weighted by molar-refractivity contribution is 9.10. The molecule has 0 spiro atoms. The normalized spacial score (nSPS) is 11.3. The molecule has 0 aliphatic rings. The van der Waals surface area contributed by atoms with E-state index in [0.29, 0.717) is 21.9 Å². The number of aromatic nitrogens is 2. The third-order valence-corrected chi connectivity index (χ3v) is 3.95. The van der Waals surface area contributed by atoms with E-state index >= 15 is 0 Å². The van der Waals surface area contributed by atoms with Crippen LogP contribution in [0.25, 0.3) is 10.9 Å². The summed E-state index contributed by atoms with van der Waals surface area (Å²) in [5.74, 6) is -0.638. The molecule has 0 aliphatic carbocycles. The van der Waals surface area contributed by atoms with Crippen molar-refractivity contribution in [1.29, 1.82) is 0 Å².